The summed E-state index contributed by atoms with van der Waals surface area (Å²) in [7, 11) is -2.97. The third-order valence-electron chi connectivity index (χ3n) is 14.7. The fourth-order valence-corrected chi connectivity index (χ4v) is 17.4. The van der Waals surface area contributed by atoms with Crippen LogP contribution in [0.25, 0.3) is 20.2 Å². The van der Waals surface area contributed by atoms with Crippen molar-refractivity contribution in [3.63, 3.8) is 0 Å². The molecule has 4 fully saturated rings. The molecule has 0 saturated heterocycles. The summed E-state index contributed by atoms with van der Waals surface area (Å²) in [4.78, 5) is 5.46. The van der Waals surface area contributed by atoms with Crippen molar-refractivity contribution in [2.24, 2.45) is 17.8 Å². The fraction of sp³-hybridized carbons (Fsp3) is 0.320. The van der Waals surface area contributed by atoms with Gasteiger partial charge >= 0.3 is 0 Å². The Morgan fingerprint density at radius 2 is 0.947 bits per heavy atom. The molecule has 0 radical (unpaired) electrons. The van der Waals surface area contributed by atoms with Crippen molar-refractivity contribution < 1.29 is 0 Å². The molecular formula is C50H51BN2S2Si2. The SMILES string of the molecule is C[Si](C)(C)c1ccc(N2c3cc(C45CC6CC(CC(C6)C4)C5)cc4c3B(c3sc5ccccc5c32)c2sc3ccccc3c2N4c2ccc([Si](C)(C)C)cc2)cc1. The first-order chi connectivity index (χ1) is 27.4. The second-order valence-corrected chi connectivity index (χ2v) is 32.8. The first-order valence-electron chi connectivity index (χ1n) is 21.5. The van der Waals surface area contributed by atoms with Crippen molar-refractivity contribution in [2.45, 2.75) is 83.2 Å². The van der Waals surface area contributed by atoms with E-state index in [0.717, 1.165) is 17.8 Å². The normalized spacial score (nSPS) is 23.3. The standard InChI is InChI=1S/C50H51BN2S2Si2/c1-56(2,3)37-19-15-35(16-20-37)52-41-26-34(50-28-31-23-32(29-50)25-33(24-31)30-50)27-42-45(41)51(48-46(52)39-11-7-9-13-43(39)54-48)49-47(40-12-8-10-14-44(40)55-49)53(42)36-17-21-38(22-18-36)57(4,5)6/h7-22,26-27,31-33H,23-25,28-30H2,1-6H3. The molecule has 0 N–H and O–H groups in total. The van der Waals surface area contributed by atoms with Gasteiger partial charge in [-0.15, -0.1) is 22.7 Å². The Balaban J connectivity index is 1.19. The molecule has 4 saturated carbocycles. The number of hydrogen-bond acceptors (Lipinski definition) is 4. The third-order valence-corrected chi connectivity index (χ3v) is 21.3. The molecule has 0 atom stereocenters. The van der Waals surface area contributed by atoms with Crippen LogP contribution in [0.1, 0.15) is 44.1 Å². The lowest BCUT2D eigenvalue weighted by atomic mass is 9.38. The molecule has 2 nitrogen and oxygen atoms in total. The maximum Gasteiger partial charge on any atom is 0.277 e. The fourth-order valence-electron chi connectivity index (χ4n) is 12.4. The number of benzene rings is 5. The highest BCUT2D eigenvalue weighted by Crippen LogP contribution is 2.62. The third kappa shape index (κ3) is 5.17. The Bertz CT molecular complexity index is 2570. The largest absolute Gasteiger partial charge is 0.310 e. The Labute approximate surface area is 348 Å². The summed E-state index contributed by atoms with van der Waals surface area (Å²) < 4.78 is 5.74. The van der Waals surface area contributed by atoms with Crippen LogP contribution in [0.3, 0.4) is 0 Å². The maximum absolute atomic E-state index is 2.74. The molecule has 2 aliphatic heterocycles. The minimum absolute atomic E-state index is 0.176. The minimum Gasteiger partial charge on any atom is -0.310 e. The van der Waals surface area contributed by atoms with E-state index in [4.69, 9.17) is 0 Å². The van der Waals surface area contributed by atoms with Gasteiger partial charge in [0.1, 0.15) is 0 Å². The number of fused-ring (bicyclic) bond motifs is 8. The highest BCUT2D eigenvalue weighted by Gasteiger charge is 2.54. The van der Waals surface area contributed by atoms with E-state index in [0.29, 0.717) is 0 Å². The second kappa shape index (κ2) is 12.1. The van der Waals surface area contributed by atoms with Crippen molar-refractivity contribution in [1.29, 1.82) is 0 Å². The topological polar surface area (TPSA) is 6.48 Å². The van der Waals surface area contributed by atoms with Crippen LogP contribution in [0.4, 0.5) is 34.1 Å². The number of rotatable bonds is 5. The number of hydrogen-bond donors (Lipinski definition) is 0. The van der Waals surface area contributed by atoms with Crippen LogP contribution >= 0.6 is 22.7 Å². The maximum atomic E-state index is 2.74. The highest BCUT2D eigenvalue weighted by molar-refractivity contribution is 7.40. The molecular weight excluding hydrogens is 760 g/mol. The molecule has 284 valence electrons. The van der Waals surface area contributed by atoms with Gasteiger partial charge in [-0.25, -0.2) is 0 Å². The molecule has 4 heterocycles. The molecule has 4 aliphatic carbocycles. The zero-order valence-corrected chi connectivity index (χ0v) is 37.8. The lowest BCUT2D eigenvalue weighted by Crippen LogP contribution is -2.59. The summed E-state index contributed by atoms with van der Waals surface area (Å²) in [6.07, 6.45) is 8.44. The lowest BCUT2D eigenvalue weighted by molar-refractivity contribution is -0.00514. The van der Waals surface area contributed by atoms with E-state index in [1.807, 2.05) is 22.7 Å². The molecule has 4 bridgehead atoms. The van der Waals surface area contributed by atoms with Crippen molar-refractivity contribution in [1.82, 2.24) is 0 Å². The average molecular weight is 811 g/mol. The van der Waals surface area contributed by atoms with Crippen LogP contribution in [0.5, 0.6) is 0 Å². The van der Waals surface area contributed by atoms with E-state index in [-0.39, 0.29) is 12.1 Å². The summed E-state index contributed by atoms with van der Waals surface area (Å²) in [6, 6.07) is 43.6. The van der Waals surface area contributed by atoms with Gasteiger partial charge in [-0.2, -0.15) is 0 Å². The van der Waals surface area contributed by atoms with Crippen molar-refractivity contribution >= 4 is 125 Å². The van der Waals surface area contributed by atoms with Crippen molar-refractivity contribution in [3.8, 4) is 0 Å². The van der Waals surface area contributed by atoms with Gasteiger partial charge in [0.05, 0.1) is 27.5 Å². The van der Waals surface area contributed by atoms with Crippen LogP contribution < -0.4 is 35.2 Å². The Morgan fingerprint density at radius 3 is 1.35 bits per heavy atom. The van der Waals surface area contributed by atoms with Gasteiger partial charge in [-0.3, -0.25) is 0 Å². The van der Waals surface area contributed by atoms with E-state index >= 15 is 0 Å². The van der Waals surface area contributed by atoms with Gasteiger partial charge in [0, 0.05) is 52.5 Å². The Kier molecular flexibility index (Phi) is 7.45. The van der Waals surface area contributed by atoms with Gasteiger partial charge in [0.25, 0.3) is 6.71 Å². The van der Waals surface area contributed by atoms with Gasteiger partial charge in [0.15, 0.2) is 0 Å². The Morgan fingerprint density at radius 1 is 0.544 bits per heavy atom. The summed E-state index contributed by atoms with van der Waals surface area (Å²) >= 11 is 4.06. The predicted molar refractivity (Wildman–Crippen MR) is 257 cm³/mol. The number of nitrogens with zero attached hydrogens (tertiary/aromatic N) is 2. The molecule has 7 aromatic rings. The second-order valence-electron chi connectivity index (χ2n) is 20.4. The zero-order chi connectivity index (χ0) is 38.6. The van der Waals surface area contributed by atoms with Crippen molar-refractivity contribution in [3.05, 3.63) is 115 Å². The summed E-state index contributed by atoms with van der Waals surface area (Å²) in [5, 5.41) is 5.80. The molecule has 0 amide bonds. The van der Waals surface area contributed by atoms with Gasteiger partial charge < -0.3 is 9.80 Å². The minimum atomic E-state index is -1.48. The molecule has 6 aliphatic rings. The molecule has 0 spiro atoms. The van der Waals surface area contributed by atoms with Crippen LogP contribution in [-0.2, 0) is 5.41 Å². The summed E-state index contributed by atoms with van der Waals surface area (Å²) in [5.41, 5.74) is 11.6. The van der Waals surface area contributed by atoms with E-state index in [9.17, 15) is 0 Å². The summed E-state index contributed by atoms with van der Waals surface area (Å²) in [5.74, 6) is 2.64. The van der Waals surface area contributed by atoms with Gasteiger partial charge in [-0.1, -0.05) is 110 Å². The smallest absolute Gasteiger partial charge is 0.277 e. The molecule has 13 rings (SSSR count). The van der Waals surface area contributed by atoms with E-state index in [2.05, 4.69) is 158 Å². The molecule has 2 aromatic heterocycles. The predicted octanol–water partition coefficient (Wildman–Crippen LogP) is 11.8. The lowest BCUT2D eigenvalue weighted by Gasteiger charge is -2.57. The average Bonchev–Trinajstić information content (AvgIpc) is 3.76. The quantitative estimate of drug-likeness (QED) is 0.160. The van der Waals surface area contributed by atoms with E-state index < -0.39 is 16.1 Å². The summed E-state index contributed by atoms with van der Waals surface area (Å²) in [6.45, 7) is 15.0. The van der Waals surface area contributed by atoms with Crippen molar-refractivity contribution in [2.75, 3.05) is 9.80 Å². The number of thiophene rings is 2. The van der Waals surface area contributed by atoms with Gasteiger partial charge in [-0.05, 0) is 121 Å². The Hall–Kier alpha value is -3.88. The number of anilines is 6. The zero-order valence-electron chi connectivity index (χ0n) is 34.2. The molecule has 7 heteroatoms. The van der Waals surface area contributed by atoms with Crippen LogP contribution in [0.2, 0.25) is 39.3 Å². The van der Waals surface area contributed by atoms with Gasteiger partial charge in [0.2, 0.25) is 0 Å². The monoisotopic (exact) mass is 810 g/mol. The molecule has 5 aromatic carbocycles. The molecule has 57 heavy (non-hydrogen) atoms. The highest BCUT2D eigenvalue weighted by atomic mass is 32.1. The van der Waals surface area contributed by atoms with Crippen LogP contribution in [0.15, 0.2) is 109 Å². The van der Waals surface area contributed by atoms with Crippen LogP contribution in [-0.4, -0.2) is 22.9 Å². The first-order valence-corrected chi connectivity index (χ1v) is 30.1. The van der Waals surface area contributed by atoms with Crippen LogP contribution in [0, 0.1) is 17.8 Å². The van der Waals surface area contributed by atoms with E-state index in [1.54, 1.807) is 5.56 Å². The van der Waals surface area contributed by atoms with E-state index in [1.165, 1.54) is 118 Å². The first kappa shape index (κ1) is 35.1. The molecule has 0 unspecified atom stereocenters.